The number of carbonyl (C=O) groups excluding carboxylic acids is 1. The second-order valence-electron chi connectivity index (χ2n) is 6.28. The van der Waals surface area contributed by atoms with Crippen LogP contribution in [0.5, 0.6) is 0 Å². The fraction of sp³-hybridized carbons (Fsp3) is 0.529. The van der Waals surface area contributed by atoms with Crippen LogP contribution in [0.15, 0.2) is 29.1 Å². The lowest BCUT2D eigenvalue weighted by Gasteiger charge is -2.32. The van der Waals surface area contributed by atoms with Crippen molar-refractivity contribution in [2.24, 2.45) is 0 Å². The minimum atomic E-state index is -0.530. The predicted octanol–water partition coefficient (Wildman–Crippen LogP) is 2.36. The van der Waals surface area contributed by atoms with Crippen LogP contribution in [0.25, 0.3) is 5.69 Å². The summed E-state index contributed by atoms with van der Waals surface area (Å²) < 4.78 is 2.03. The first kappa shape index (κ1) is 16.4. The van der Waals surface area contributed by atoms with E-state index in [1.165, 1.54) is 6.42 Å². The van der Waals surface area contributed by atoms with Crippen LogP contribution >= 0.6 is 0 Å². The molecule has 1 amide bonds. The standard InChI is InChI=1S/C17H23N5O2/c1-3-20(14-7-5-4-6-8-14)16(23)22-17(24)21(18-19-22)15-11-9-13(2)10-12-15/h9-12,14H,3-8H2,1-2H3. The summed E-state index contributed by atoms with van der Waals surface area (Å²) >= 11 is 0. The van der Waals surface area contributed by atoms with Crippen molar-refractivity contribution < 1.29 is 4.79 Å². The van der Waals surface area contributed by atoms with Crippen molar-refractivity contribution in [2.45, 2.75) is 52.0 Å². The molecule has 128 valence electrons. The van der Waals surface area contributed by atoms with E-state index in [-0.39, 0.29) is 12.1 Å². The summed E-state index contributed by atoms with van der Waals surface area (Å²) in [7, 11) is 0. The van der Waals surface area contributed by atoms with E-state index in [0.717, 1.165) is 40.6 Å². The van der Waals surface area contributed by atoms with Crippen molar-refractivity contribution in [1.29, 1.82) is 0 Å². The number of nitrogens with zero attached hydrogens (tertiary/aromatic N) is 5. The van der Waals surface area contributed by atoms with E-state index < -0.39 is 5.69 Å². The fourth-order valence-electron chi connectivity index (χ4n) is 3.28. The Morgan fingerprint density at radius 2 is 1.83 bits per heavy atom. The van der Waals surface area contributed by atoms with Crippen LogP contribution < -0.4 is 5.69 Å². The largest absolute Gasteiger partial charge is 0.377 e. The normalized spacial score (nSPS) is 15.4. The third kappa shape index (κ3) is 3.11. The molecule has 7 nitrogen and oxygen atoms in total. The van der Waals surface area contributed by atoms with Crippen molar-refractivity contribution in [2.75, 3.05) is 6.54 Å². The van der Waals surface area contributed by atoms with Gasteiger partial charge in [-0.15, -0.1) is 4.68 Å². The summed E-state index contributed by atoms with van der Waals surface area (Å²) in [6, 6.07) is 7.17. The lowest BCUT2D eigenvalue weighted by molar-refractivity contribution is 0.157. The highest BCUT2D eigenvalue weighted by Gasteiger charge is 2.27. The van der Waals surface area contributed by atoms with Gasteiger partial charge in [-0.3, -0.25) is 0 Å². The molecular formula is C17H23N5O2. The summed E-state index contributed by atoms with van der Waals surface area (Å²) in [6.45, 7) is 4.46. The zero-order chi connectivity index (χ0) is 17.1. The van der Waals surface area contributed by atoms with Crippen LogP contribution in [0.4, 0.5) is 4.79 Å². The molecule has 1 heterocycles. The molecule has 0 radical (unpaired) electrons. The van der Waals surface area contributed by atoms with Gasteiger partial charge in [0.2, 0.25) is 0 Å². The molecule has 1 aromatic carbocycles. The third-order valence-electron chi connectivity index (χ3n) is 4.64. The summed E-state index contributed by atoms with van der Waals surface area (Å²) in [5.74, 6) is 0. The van der Waals surface area contributed by atoms with E-state index in [1.807, 2.05) is 26.0 Å². The number of aryl methyl sites for hydroxylation is 1. The van der Waals surface area contributed by atoms with Crippen molar-refractivity contribution in [3.05, 3.63) is 40.3 Å². The summed E-state index contributed by atoms with van der Waals surface area (Å²) in [5.41, 5.74) is 1.16. The lowest BCUT2D eigenvalue weighted by Crippen LogP contribution is -2.46. The fourth-order valence-corrected chi connectivity index (χ4v) is 3.28. The summed E-state index contributed by atoms with van der Waals surface area (Å²) in [6.07, 6.45) is 5.44. The molecule has 0 saturated heterocycles. The molecule has 1 aliphatic carbocycles. The zero-order valence-corrected chi connectivity index (χ0v) is 14.2. The van der Waals surface area contributed by atoms with E-state index in [2.05, 4.69) is 10.4 Å². The monoisotopic (exact) mass is 329 g/mol. The number of benzene rings is 1. The molecule has 0 bridgehead atoms. The molecule has 1 fully saturated rings. The third-order valence-corrected chi connectivity index (χ3v) is 4.64. The summed E-state index contributed by atoms with van der Waals surface area (Å²) in [5, 5.41) is 7.67. The molecule has 0 N–H and O–H groups in total. The summed E-state index contributed by atoms with van der Waals surface area (Å²) in [4.78, 5) is 27.1. The number of rotatable bonds is 3. The van der Waals surface area contributed by atoms with Crippen LogP contribution in [-0.4, -0.2) is 43.3 Å². The highest BCUT2D eigenvalue weighted by Crippen LogP contribution is 2.22. The molecule has 3 rings (SSSR count). The Morgan fingerprint density at radius 1 is 1.17 bits per heavy atom. The van der Waals surface area contributed by atoms with Gasteiger partial charge < -0.3 is 4.90 Å². The topological polar surface area (TPSA) is 73.0 Å². The Morgan fingerprint density at radius 3 is 2.46 bits per heavy atom. The first-order valence-electron chi connectivity index (χ1n) is 8.55. The van der Waals surface area contributed by atoms with Gasteiger partial charge in [0, 0.05) is 12.6 Å². The van der Waals surface area contributed by atoms with Crippen LogP contribution in [0.1, 0.15) is 44.6 Å². The van der Waals surface area contributed by atoms with E-state index in [1.54, 1.807) is 17.0 Å². The average molecular weight is 329 g/mol. The quantitative estimate of drug-likeness (QED) is 0.810. The van der Waals surface area contributed by atoms with Gasteiger partial charge in [0.05, 0.1) is 5.69 Å². The molecule has 2 aromatic rings. The number of carbonyl (C=O) groups is 1. The van der Waals surface area contributed by atoms with Crippen molar-refractivity contribution >= 4 is 6.03 Å². The maximum Gasteiger partial charge on any atom is 0.377 e. The van der Waals surface area contributed by atoms with E-state index >= 15 is 0 Å². The van der Waals surface area contributed by atoms with Crippen molar-refractivity contribution in [1.82, 2.24) is 24.7 Å². The second kappa shape index (κ2) is 6.98. The Kier molecular flexibility index (Phi) is 4.78. The second-order valence-corrected chi connectivity index (χ2v) is 6.28. The molecule has 0 spiro atoms. The van der Waals surface area contributed by atoms with E-state index in [0.29, 0.717) is 12.2 Å². The maximum absolute atomic E-state index is 12.8. The first-order chi connectivity index (χ1) is 11.6. The van der Waals surface area contributed by atoms with Gasteiger partial charge in [0.1, 0.15) is 0 Å². The number of amides is 1. The smallest absolute Gasteiger partial charge is 0.320 e. The number of aromatic nitrogens is 4. The Balaban J connectivity index is 1.87. The first-order valence-corrected chi connectivity index (χ1v) is 8.55. The molecule has 7 heteroatoms. The highest BCUT2D eigenvalue weighted by atomic mass is 16.2. The van der Waals surface area contributed by atoms with Gasteiger partial charge in [-0.1, -0.05) is 37.0 Å². The predicted molar refractivity (Wildman–Crippen MR) is 90.4 cm³/mol. The van der Waals surface area contributed by atoms with Gasteiger partial charge >= 0.3 is 11.7 Å². The molecule has 1 saturated carbocycles. The molecule has 0 aliphatic heterocycles. The lowest BCUT2D eigenvalue weighted by atomic mass is 9.94. The molecule has 24 heavy (non-hydrogen) atoms. The van der Waals surface area contributed by atoms with Gasteiger partial charge in [0.25, 0.3) is 0 Å². The molecule has 0 atom stereocenters. The molecule has 1 aliphatic rings. The van der Waals surface area contributed by atoms with Gasteiger partial charge in [0.15, 0.2) is 0 Å². The van der Waals surface area contributed by atoms with Crippen molar-refractivity contribution in [3.63, 3.8) is 0 Å². The zero-order valence-electron chi connectivity index (χ0n) is 14.2. The molecule has 1 aromatic heterocycles. The minimum absolute atomic E-state index is 0.188. The van der Waals surface area contributed by atoms with Gasteiger partial charge in [-0.2, -0.15) is 4.68 Å². The number of hydrogen-bond donors (Lipinski definition) is 0. The Hall–Kier alpha value is -2.44. The molecule has 0 unspecified atom stereocenters. The number of hydrogen-bond acceptors (Lipinski definition) is 4. The van der Waals surface area contributed by atoms with Gasteiger partial charge in [-0.25, -0.2) is 9.59 Å². The van der Waals surface area contributed by atoms with Gasteiger partial charge in [-0.05, 0) is 49.2 Å². The average Bonchev–Trinajstić information content (AvgIpc) is 2.99. The van der Waals surface area contributed by atoms with Crippen LogP contribution in [0, 0.1) is 6.92 Å². The van der Waals surface area contributed by atoms with Crippen LogP contribution in [0.2, 0.25) is 0 Å². The van der Waals surface area contributed by atoms with Crippen LogP contribution in [0.3, 0.4) is 0 Å². The van der Waals surface area contributed by atoms with Crippen molar-refractivity contribution in [3.8, 4) is 5.69 Å². The maximum atomic E-state index is 12.8. The SMILES string of the molecule is CCN(C(=O)n1nnn(-c2ccc(C)cc2)c1=O)C1CCCCC1. The van der Waals surface area contributed by atoms with Crippen LogP contribution in [-0.2, 0) is 0 Å². The molecular weight excluding hydrogens is 306 g/mol. The highest BCUT2D eigenvalue weighted by molar-refractivity contribution is 5.75. The van der Waals surface area contributed by atoms with E-state index in [9.17, 15) is 9.59 Å². The Labute approximate surface area is 140 Å². The van der Waals surface area contributed by atoms with E-state index in [4.69, 9.17) is 0 Å². The minimum Gasteiger partial charge on any atom is -0.320 e. The Bertz CT molecular complexity index is 756. The number of tetrazole rings is 1.